The maximum absolute atomic E-state index is 12.5. The monoisotopic (exact) mass is 329 g/mol. The zero-order chi connectivity index (χ0) is 17.8. The normalized spacial score (nSPS) is 12.7. The molecule has 0 aromatic carbocycles. The van der Waals surface area contributed by atoms with Crippen LogP contribution < -0.4 is 0 Å². The van der Waals surface area contributed by atoms with E-state index in [0.29, 0.717) is 13.2 Å². The summed E-state index contributed by atoms with van der Waals surface area (Å²) in [6.07, 6.45) is 3.66. The summed E-state index contributed by atoms with van der Waals surface area (Å²) in [5.41, 5.74) is 0. The van der Waals surface area contributed by atoms with E-state index in [-0.39, 0.29) is 30.4 Å². The van der Waals surface area contributed by atoms with Gasteiger partial charge in [0.1, 0.15) is 6.04 Å². The molecule has 1 atom stereocenters. The third kappa shape index (κ3) is 8.94. The van der Waals surface area contributed by atoms with Gasteiger partial charge in [-0.05, 0) is 40.5 Å². The van der Waals surface area contributed by atoms with Crippen LogP contribution in [0, 0.1) is 0 Å². The Labute approximate surface area is 141 Å². The third-order valence-electron chi connectivity index (χ3n) is 3.69. The highest BCUT2D eigenvalue weighted by Crippen LogP contribution is 2.16. The van der Waals surface area contributed by atoms with Crippen molar-refractivity contribution in [2.75, 3.05) is 13.2 Å². The number of unbranched alkanes of at least 4 members (excludes halogenated alkanes) is 2. The number of nitrogens with zero attached hydrogens (tertiary/aromatic N) is 1. The van der Waals surface area contributed by atoms with Gasteiger partial charge in [-0.1, -0.05) is 26.7 Å². The highest BCUT2D eigenvalue weighted by Gasteiger charge is 2.33. The van der Waals surface area contributed by atoms with E-state index >= 15 is 0 Å². The Morgan fingerprint density at radius 2 is 1.35 bits per heavy atom. The van der Waals surface area contributed by atoms with Crippen molar-refractivity contribution in [3.63, 3.8) is 0 Å². The smallest absolute Gasteiger partial charge is 0.323 e. The number of carbonyl (C=O) groups excluding carboxylic acids is 2. The van der Waals surface area contributed by atoms with Crippen LogP contribution >= 0.6 is 0 Å². The lowest BCUT2D eigenvalue weighted by Crippen LogP contribution is -2.50. The van der Waals surface area contributed by atoms with Crippen molar-refractivity contribution in [3.8, 4) is 0 Å². The number of hydrogen-bond donors (Lipinski definition) is 0. The summed E-state index contributed by atoms with van der Waals surface area (Å²) >= 11 is 0. The van der Waals surface area contributed by atoms with Gasteiger partial charge in [-0.3, -0.25) is 14.5 Å². The fourth-order valence-electron chi connectivity index (χ4n) is 2.59. The summed E-state index contributed by atoms with van der Waals surface area (Å²) in [5, 5.41) is 0. The van der Waals surface area contributed by atoms with Crippen LogP contribution in [0.4, 0.5) is 0 Å². The molecular formula is C18H35NO4. The predicted molar refractivity (Wildman–Crippen MR) is 92.3 cm³/mol. The summed E-state index contributed by atoms with van der Waals surface area (Å²) in [4.78, 5) is 26.5. The molecule has 5 nitrogen and oxygen atoms in total. The van der Waals surface area contributed by atoms with Gasteiger partial charge in [-0.15, -0.1) is 0 Å². The molecular weight excluding hydrogens is 294 g/mol. The Bertz CT molecular complexity index is 334. The van der Waals surface area contributed by atoms with E-state index in [1.54, 1.807) is 0 Å². The molecule has 0 aliphatic rings. The average molecular weight is 329 g/mol. The minimum Gasteiger partial charge on any atom is -0.466 e. The van der Waals surface area contributed by atoms with Crippen molar-refractivity contribution >= 4 is 11.9 Å². The van der Waals surface area contributed by atoms with Crippen LogP contribution in [0.5, 0.6) is 0 Å². The van der Waals surface area contributed by atoms with Gasteiger partial charge in [-0.2, -0.15) is 0 Å². The molecule has 0 bridgehead atoms. The minimum atomic E-state index is -0.582. The summed E-state index contributed by atoms with van der Waals surface area (Å²) in [7, 11) is 0. The summed E-state index contributed by atoms with van der Waals surface area (Å²) in [6.45, 7) is 13.0. The molecule has 0 rings (SSSR count). The molecule has 0 saturated carbocycles. The molecule has 0 fully saturated rings. The molecule has 0 aliphatic heterocycles. The lowest BCUT2D eigenvalue weighted by molar-refractivity contribution is -0.158. The van der Waals surface area contributed by atoms with Crippen LogP contribution in [-0.2, 0) is 19.1 Å². The molecule has 0 heterocycles. The first-order valence-electron chi connectivity index (χ1n) is 8.94. The molecule has 0 amide bonds. The number of rotatable bonds is 12. The fourth-order valence-corrected chi connectivity index (χ4v) is 2.59. The molecule has 23 heavy (non-hydrogen) atoms. The average Bonchev–Trinajstić information content (AvgIpc) is 2.46. The molecule has 1 unspecified atom stereocenters. The summed E-state index contributed by atoms with van der Waals surface area (Å²) in [6, 6.07) is -0.301. The molecule has 0 aromatic heterocycles. The molecule has 136 valence electrons. The third-order valence-corrected chi connectivity index (χ3v) is 3.69. The quantitative estimate of drug-likeness (QED) is 0.405. The molecule has 0 saturated heterocycles. The van der Waals surface area contributed by atoms with Crippen molar-refractivity contribution in [3.05, 3.63) is 0 Å². The summed E-state index contributed by atoms with van der Waals surface area (Å²) < 4.78 is 10.6. The van der Waals surface area contributed by atoms with Crippen LogP contribution in [-0.4, -0.2) is 48.2 Å². The Morgan fingerprint density at radius 1 is 0.870 bits per heavy atom. The first-order valence-corrected chi connectivity index (χ1v) is 8.94. The van der Waals surface area contributed by atoms with Gasteiger partial charge in [0.2, 0.25) is 0 Å². The standard InChI is InChI=1S/C18H35NO4/c1-7-9-11-22-17(20)13-16(18(21)23-12-10-8-2)19(14(3)4)15(5)6/h14-16H,7-13H2,1-6H3. The fraction of sp³-hybridized carbons (Fsp3) is 0.889. The van der Waals surface area contributed by atoms with E-state index in [0.717, 1.165) is 25.7 Å². The second-order valence-corrected chi connectivity index (χ2v) is 6.45. The van der Waals surface area contributed by atoms with Gasteiger partial charge in [0, 0.05) is 12.1 Å². The lowest BCUT2D eigenvalue weighted by Gasteiger charge is -2.36. The molecule has 0 N–H and O–H groups in total. The highest BCUT2D eigenvalue weighted by atomic mass is 16.5. The Morgan fingerprint density at radius 3 is 1.78 bits per heavy atom. The van der Waals surface area contributed by atoms with Gasteiger partial charge < -0.3 is 9.47 Å². The molecule has 0 aromatic rings. The van der Waals surface area contributed by atoms with Crippen LogP contribution in [0.25, 0.3) is 0 Å². The van der Waals surface area contributed by atoms with Crippen molar-refractivity contribution in [1.29, 1.82) is 0 Å². The molecule has 0 spiro atoms. The maximum Gasteiger partial charge on any atom is 0.323 e. The number of ether oxygens (including phenoxy) is 2. The topological polar surface area (TPSA) is 55.8 Å². The second kappa shape index (κ2) is 12.3. The van der Waals surface area contributed by atoms with Gasteiger partial charge in [-0.25, -0.2) is 0 Å². The van der Waals surface area contributed by atoms with E-state index in [9.17, 15) is 9.59 Å². The van der Waals surface area contributed by atoms with E-state index in [2.05, 4.69) is 0 Å². The van der Waals surface area contributed by atoms with E-state index < -0.39 is 6.04 Å². The van der Waals surface area contributed by atoms with Crippen LogP contribution in [0.15, 0.2) is 0 Å². The van der Waals surface area contributed by atoms with Gasteiger partial charge in [0.15, 0.2) is 0 Å². The minimum absolute atomic E-state index is 0.0467. The molecule has 0 aliphatic carbocycles. The number of esters is 2. The lowest BCUT2D eigenvalue weighted by atomic mass is 10.1. The largest absolute Gasteiger partial charge is 0.466 e. The zero-order valence-electron chi connectivity index (χ0n) is 15.8. The molecule has 5 heteroatoms. The van der Waals surface area contributed by atoms with Crippen LogP contribution in [0.1, 0.15) is 73.6 Å². The van der Waals surface area contributed by atoms with Crippen molar-refractivity contribution in [1.82, 2.24) is 4.90 Å². The second-order valence-electron chi connectivity index (χ2n) is 6.45. The van der Waals surface area contributed by atoms with Crippen LogP contribution in [0.2, 0.25) is 0 Å². The van der Waals surface area contributed by atoms with Crippen molar-refractivity contribution in [2.24, 2.45) is 0 Å². The SMILES string of the molecule is CCCCOC(=O)CC(C(=O)OCCCC)N(C(C)C)C(C)C. The van der Waals surface area contributed by atoms with E-state index in [4.69, 9.17) is 9.47 Å². The maximum atomic E-state index is 12.5. The summed E-state index contributed by atoms with van der Waals surface area (Å²) in [5.74, 6) is -0.657. The molecule has 0 radical (unpaired) electrons. The number of carbonyl (C=O) groups is 2. The van der Waals surface area contributed by atoms with E-state index in [1.165, 1.54) is 0 Å². The van der Waals surface area contributed by atoms with E-state index in [1.807, 2.05) is 46.4 Å². The Balaban J connectivity index is 4.90. The predicted octanol–water partition coefficient (Wildman–Crippen LogP) is 3.55. The number of hydrogen-bond acceptors (Lipinski definition) is 5. The highest BCUT2D eigenvalue weighted by molar-refractivity contribution is 5.82. The Hall–Kier alpha value is -1.10. The van der Waals surface area contributed by atoms with Crippen LogP contribution in [0.3, 0.4) is 0 Å². The van der Waals surface area contributed by atoms with Gasteiger partial charge in [0.25, 0.3) is 0 Å². The first kappa shape index (κ1) is 21.9. The van der Waals surface area contributed by atoms with Gasteiger partial charge >= 0.3 is 11.9 Å². The zero-order valence-corrected chi connectivity index (χ0v) is 15.8. The van der Waals surface area contributed by atoms with Gasteiger partial charge in [0.05, 0.1) is 19.6 Å². The van der Waals surface area contributed by atoms with Crippen molar-refractivity contribution in [2.45, 2.75) is 91.8 Å². The van der Waals surface area contributed by atoms with Crippen molar-refractivity contribution < 1.29 is 19.1 Å². The Kier molecular flexibility index (Phi) is 11.7. The first-order chi connectivity index (χ1) is 10.8.